The van der Waals surface area contributed by atoms with Crippen molar-refractivity contribution in [3.05, 3.63) is 71.6 Å². The molecule has 5 heteroatoms. The molecule has 4 aliphatic rings. The predicted octanol–water partition coefficient (Wildman–Crippen LogP) is 4.53. The maximum Gasteiger partial charge on any atom is 0.336 e. The summed E-state index contributed by atoms with van der Waals surface area (Å²) in [6.45, 7) is 6.48. The summed E-state index contributed by atoms with van der Waals surface area (Å²) in [6, 6.07) is 19.8. The maximum absolute atomic E-state index is 12.0. The monoisotopic (exact) mass is 425 g/mol. The van der Waals surface area contributed by atoms with Crippen LogP contribution >= 0.6 is 0 Å². The SMILES string of the molecule is CC1C[N+](=c2ccc3c(-c4ccccc4C(=O)O)c4ccc(N5CCC5)cc4oc-3c2)C1. The molecule has 2 aromatic rings. The van der Waals surface area contributed by atoms with Crippen LogP contribution in [-0.2, 0) is 0 Å². The molecule has 0 saturated carbocycles. The molecule has 32 heavy (non-hydrogen) atoms. The van der Waals surface area contributed by atoms with Crippen molar-refractivity contribution in [2.75, 3.05) is 31.1 Å². The predicted molar refractivity (Wildman–Crippen MR) is 126 cm³/mol. The minimum Gasteiger partial charge on any atom is -0.478 e. The summed E-state index contributed by atoms with van der Waals surface area (Å²) in [5.41, 5.74) is 4.79. The van der Waals surface area contributed by atoms with Gasteiger partial charge < -0.3 is 14.4 Å². The highest BCUT2D eigenvalue weighted by atomic mass is 16.4. The number of aromatic carboxylic acids is 1. The Bertz CT molecular complexity index is 1410. The van der Waals surface area contributed by atoms with Gasteiger partial charge in [-0.05, 0) is 36.2 Å². The van der Waals surface area contributed by atoms with E-state index in [-0.39, 0.29) is 0 Å². The summed E-state index contributed by atoms with van der Waals surface area (Å²) >= 11 is 0. The standard InChI is InChI=1S/C27H24N2O3/c1-17-15-29(16-17)19-8-10-23-25(14-19)32-24-13-18(28-11-4-12-28)7-9-22(24)26(23)20-5-2-3-6-21(20)27(30)31/h2-3,5-10,13-14,17H,4,11-12,15-16H2,1H3/p+1. The van der Waals surface area contributed by atoms with Crippen LogP contribution in [0.25, 0.3) is 33.4 Å². The third-order valence-electron chi connectivity index (χ3n) is 6.77. The molecule has 2 fully saturated rings. The van der Waals surface area contributed by atoms with Gasteiger partial charge in [0.05, 0.1) is 17.5 Å². The largest absolute Gasteiger partial charge is 0.478 e. The van der Waals surface area contributed by atoms with Gasteiger partial charge in [-0.15, -0.1) is 0 Å². The molecule has 6 rings (SSSR count). The van der Waals surface area contributed by atoms with Gasteiger partial charge in [-0.25, -0.2) is 9.37 Å². The highest BCUT2D eigenvalue weighted by molar-refractivity contribution is 6.07. The van der Waals surface area contributed by atoms with Crippen LogP contribution in [0.5, 0.6) is 0 Å². The normalized spacial score (nSPS) is 18.0. The second-order valence-electron chi connectivity index (χ2n) is 9.04. The Hall–Kier alpha value is -3.60. The summed E-state index contributed by atoms with van der Waals surface area (Å²) in [4.78, 5) is 14.4. The molecule has 0 amide bonds. The van der Waals surface area contributed by atoms with Crippen molar-refractivity contribution in [3.63, 3.8) is 0 Å². The summed E-state index contributed by atoms with van der Waals surface area (Å²) in [7, 11) is 0. The fourth-order valence-corrected chi connectivity index (χ4v) is 4.92. The number of hydrogen-bond acceptors (Lipinski definition) is 3. The van der Waals surface area contributed by atoms with Crippen molar-refractivity contribution in [1.82, 2.24) is 4.58 Å². The van der Waals surface area contributed by atoms with E-state index in [4.69, 9.17) is 4.42 Å². The molecule has 2 aromatic carbocycles. The molecule has 0 bridgehead atoms. The number of fused-ring (bicyclic) bond motifs is 2. The lowest BCUT2D eigenvalue weighted by Gasteiger charge is -2.33. The lowest BCUT2D eigenvalue weighted by molar-refractivity contribution is 0.0697. The fourth-order valence-electron chi connectivity index (χ4n) is 4.92. The van der Waals surface area contributed by atoms with Crippen molar-refractivity contribution in [1.29, 1.82) is 0 Å². The summed E-state index contributed by atoms with van der Waals surface area (Å²) < 4.78 is 8.81. The Balaban J connectivity index is 1.67. The number of rotatable bonds is 3. The molecule has 2 saturated heterocycles. The molecular weight excluding hydrogens is 400 g/mol. The zero-order valence-electron chi connectivity index (χ0n) is 18.0. The molecule has 1 aliphatic carbocycles. The molecule has 0 radical (unpaired) electrons. The molecule has 3 aliphatic heterocycles. The van der Waals surface area contributed by atoms with Gasteiger partial charge in [-0.2, -0.15) is 0 Å². The molecule has 5 nitrogen and oxygen atoms in total. The maximum atomic E-state index is 12.0. The van der Waals surface area contributed by atoms with Gasteiger partial charge in [0.1, 0.15) is 11.3 Å². The molecule has 1 N–H and O–H groups in total. The van der Waals surface area contributed by atoms with E-state index in [1.807, 2.05) is 12.1 Å². The average molecular weight is 426 g/mol. The van der Waals surface area contributed by atoms with Crippen molar-refractivity contribution in [2.24, 2.45) is 5.92 Å². The molecule has 160 valence electrons. The summed E-state index contributed by atoms with van der Waals surface area (Å²) in [6.07, 6.45) is 1.21. The van der Waals surface area contributed by atoms with E-state index in [2.05, 4.69) is 52.8 Å². The van der Waals surface area contributed by atoms with Crippen LogP contribution in [0.3, 0.4) is 0 Å². The fraction of sp³-hybridized carbons (Fsp3) is 0.259. The Kier molecular flexibility index (Phi) is 4.32. The minimum absolute atomic E-state index is 0.300. The number of hydrogen-bond donors (Lipinski definition) is 1. The quantitative estimate of drug-likeness (QED) is 0.387. The van der Waals surface area contributed by atoms with E-state index in [0.29, 0.717) is 17.0 Å². The molecule has 0 atom stereocenters. The number of carboxylic acid groups (broad SMARTS) is 1. The van der Waals surface area contributed by atoms with Gasteiger partial charge in [-0.3, -0.25) is 0 Å². The smallest absolute Gasteiger partial charge is 0.336 e. The Labute approximate surface area is 186 Å². The molecule has 0 spiro atoms. The van der Waals surface area contributed by atoms with Crippen molar-refractivity contribution >= 4 is 22.6 Å². The Morgan fingerprint density at radius 2 is 1.84 bits per heavy atom. The second kappa shape index (κ2) is 7.23. The van der Waals surface area contributed by atoms with Crippen LogP contribution in [0.1, 0.15) is 23.7 Å². The van der Waals surface area contributed by atoms with Crippen LogP contribution in [0, 0.1) is 5.92 Å². The number of carbonyl (C=O) groups is 1. The van der Waals surface area contributed by atoms with Crippen molar-refractivity contribution in [3.8, 4) is 22.5 Å². The van der Waals surface area contributed by atoms with Crippen LogP contribution < -0.4 is 14.8 Å². The van der Waals surface area contributed by atoms with Crippen LogP contribution in [0.15, 0.2) is 65.1 Å². The van der Waals surface area contributed by atoms with E-state index in [1.165, 1.54) is 6.42 Å². The van der Waals surface area contributed by atoms with Crippen molar-refractivity contribution < 1.29 is 14.3 Å². The average Bonchev–Trinajstić information content (AvgIpc) is 2.73. The third kappa shape index (κ3) is 3.00. The summed E-state index contributed by atoms with van der Waals surface area (Å²) in [5, 5.41) is 12.0. The third-order valence-corrected chi connectivity index (χ3v) is 6.77. The van der Waals surface area contributed by atoms with Crippen LogP contribution in [-0.4, -0.2) is 37.3 Å². The van der Waals surface area contributed by atoms with Crippen molar-refractivity contribution in [2.45, 2.75) is 13.3 Å². The van der Waals surface area contributed by atoms with Gasteiger partial charge in [0.2, 0.25) is 5.36 Å². The minimum atomic E-state index is -0.925. The zero-order valence-corrected chi connectivity index (χ0v) is 18.0. The van der Waals surface area contributed by atoms with E-state index < -0.39 is 5.97 Å². The number of nitrogens with zero attached hydrogens (tertiary/aromatic N) is 2. The number of benzene rings is 3. The highest BCUT2D eigenvalue weighted by Crippen LogP contribution is 2.42. The second-order valence-corrected chi connectivity index (χ2v) is 9.04. The lowest BCUT2D eigenvalue weighted by Crippen LogP contribution is -2.47. The van der Waals surface area contributed by atoms with Gasteiger partial charge in [0.15, 0.2) is 13.1 Å². The molecule has 0 unspecified atom stereocenters. The van der Waals surface area contributed by atoms with E-state index >= 15 is 0 Å². The Morgan fingerprint density at radius 1 is 1.03 bits per heavy atom. The Morgan fingerprint density at radius 3 is 2.56 bits per heavy atom. The molecule has 0 aromatic heterocycles. The first-order valence-corrected chi connectivity index (χ1v) is 11.2. The number of anilines is 1. The topological polar surface area (TPSA) is 56.7 Å². The van der Waals surface area contributed by atoms with E-state index in [9.17, 15) is 9.90 Å². The van der Waals surface area contributed by atoms with Crippen LogP contribution in [0.4, 0.5) is 5.69 Å². The molecular formula is C27H25N2O3+. The van der Waals surface area contributed by atoms with Crippen LogP contribution in [0.2, 0.25) is 0 Å². The van der Waals surface area contributed by atoms with E-state index in [0.717, 1.165) is 65.1 Å². The van der Waals surface area contributed by atoms with E-state index in [1.54, 1.807) is 12.1 Å². The van der Waals surface area contributed by atoms with Gasteiger partial charge in [-0.1, -0.05) is 25.1 Å². The first-order valence-electron chi connectivity index (χ1n) is 11.2. The van der Waals surface area contributed by atoms with Gasteiger partial charge >= 0.3 is 5.97 Å². The lowest BCUT2D eigenvalue weighted by atomic mass is 9.90. The first kappa shape index (κ1) is 19.1. The van der Waals surface area contributed by atoms with Gasteiger partial charge in [0.25, 0.3) is 0 Å². The van der Waals surface area contributed by atoms with Gasteiger partial charge in [0, 0.05) is 47.4 Å². The zero-order chi connectivity index (χ0) is 21.8. The number of carboxylic acids is 1. The first-order chi connectivity index (χ1) is 15.6. The summed E-state index contributed by atoms with van der Waals surface area (Å²) in [5.74, 6) is 0.563. The highest BCUT2D eigenvalue weighted by Gasteiger charge is 2.28. The molecule has 3 heterocycles.